The van der Waals surface area contributed by atoms with Crippen molar-refractivity contribution < 1.29 is 9.90 Å². The van der Waals surface area contributed by atoms with Crippen LogP contribution in [-0.2, 0) is 0 Å². The van der Waals surface area contributed by atoms with Crippen LogP contribution in [0.25, 0.3) is 10.2 Å². The number of aromatic nitrogens is 2. The second kappa shape index (κ2) is 6.03. The fourth-order valence-corrected chi connectivity index (χ4v) is 3.67. The van der Waals surface area contributed by atoms with E-state index in [4.69, 9.17) is 16.7 Å². The molecule has 0 unspecified atom stereocenters. The summed E-state index contributed by atoms with van der Waals surface area (Å²) in [5, 5.41) is 17.9. The van der Waals surface area contributed by atoms with Gasteiger partial charge < -0.3 is 15.7 Å². The van der Waals surface area contributed by atoms with Gasteiger partial charge in [-0.1, -0.05) is 0 Å². The predicted octanol–water partition coefficient (Wildman–Crippen LogP) is 3.34. The van der Waals surface area contributed by atoms with E-state index in [9.17, 15) is 4.79 Å². The molecule has 3 rings (SSSR count). The summed E-state index contributed by atoms with van der Waals surface area (Å²) < 4.78 is 0. The lowest BCUT2D eigenvalue weighted by Gasteiger charge is -2.29. The summed E-state index contributed by atoms with van der Waals surface area (Å²) in [6.45, 7) is 0. The van der Waals surface area contributed by atoms with Gasteiger partial charge in [0.15, 0.2) is 0 Å². The molecule has 0 saturated heterocycles. The van der Waals surface area contributed by atoms with Crippen LogP contribution in [0.2, 0.25) is 5.28 Å². The van der Waals surface area contributed by atoms with Crippen LogP contribution in [0.5, 0.6) is 0 Å². The first-order chi connectivity index (χ1) is 10.1. The van der Waals surface area contributed by atoms with Crippen LogP contribution in [0, 0.1) is 0 Å². The van der Waals surface area contributed by atoms with Gasteiger partial charge in [0.2, 0.25) is 5.28 Å². The zero-order valence-electron chi connectivity index (χ0n) is 11.2. The van der Waals surface area contributed by atoms with Gasteiger partial charge in [-0.2, -0.15) is 0 Å². The highest BCUT2D eigenvalue weighted by Gasteiger charge is 2.23. The van der Waals surface area contributed by atoms with Gasteiger partial charge in [-0.25, -0.2) is 14.8 Å². The third-order valence-electron chi connectivity index (χ3n) is 3.69. The fraction of sp³-hybridized carbons (Fsp3) is 0.462. The Balaban J connectivity index is 1.67. The van der Waals surface area contributed by atoms with Gasteiger partial charge in [0.05, 0.1) is 5.39 Å². The van der Waals surface area contributed by atoms with Crippen LogP contribution in [-0.4, -0.2) is 33.3 Å². The number of rotatable bonds is 3. The highest BCUT2D eigenvalue weighted by Crippen LogP contribution is 2.29. The lowest BCUT2D eigenvalue weighted by atomic mass is 9.91. The van der Waals surface area contributed by atoms with Crippen molar-refractivity contribution in [2.24, 2.45) is 0 Å². The summed E-state index contributed by atoms with van der Waals surface area (Å²) >= 11 is 7.48. The van der Waals surface area contributed by atoms with Crippen molar-refractivity contribution in [1.29, 1.82) is 0 Å². The highest BCUT2D eigenvalue weighted by molar-refractivity contribution is 7.16. The number of nitrogens with one attached hydrogen (secondary N) is 2. The van der Waals surface area contributed by atoms with E-state index in [1.165, 1.54) is 11.3 Å². The molecule has 1 amide bonds. The minimum absolute atomic E-state index is 0.0516. The lowest BCUT2D eigenvalue weighted by molar-refractivity contribution is 0.185. The largest absolute Gasteiger partial charge is 0.465 e. The topological polar surface area (TPSA) is 87.1 Å². The molecule has 0 atom stereocenters. The molecule has 0 bridgehead atoms. The molecule has 0 aliphatic heterocycles. The molecule has 2 heterocycles. The van der Waals surface area contributed by atoms with Crippen molar-refractivity contribution in [2.75, 3.05) is 5.32 Å². The highest BCUT2D eigenvalue weighted by atomic mass is 35.5. The summed E-state index contributed by atoms with van der Waals surface area (Å²) in [5.74, 6) is 0.765. The van der Waals surface area contributed by atoms with Crippen LogP contribution in [0.3, 0.4) is 0 Å². The number of hydrogen-bond acceptors (Lipinski definition) is 5. The average molecular weight is 327 g/mol. The van der Waals surface area contributed by atoms with Gasteiger partial charge in [-0.3, -0.25) is 0 Å². The van der Waals surface area contributed by atoms with Crippen molar-refractivity contribution in [2.45, 2.75) is 37.8 Å². The molecular formula is C13H15ClN4O2S. The van der Waals surface area contributed by atoms with E-state index in [-0.39, 0.29) is 17.4 Å². The predicted molar refractivity (Wildman–Crippen MR) is 83.3 cm³/mol. The number of carbonyl (C=O) groups is 1. The summed E-state index contributed by atoms with van der Waals surface area (Å²) in [6.07, 6.45) is 2.51. The number of halogens is 1. The van der Waals surface area contributed by atoms with Crippen molar-refractivity contribution >= 4 is 45.1 Å². The molecule has 21 heavy (non-hydrogen) atoms. The number of hydrogen-bond donors (Lipinski definition) is 3. The van der Waals surface area contributed by atoms with Gasteiger partial charge in [0, 0.05) is 12.1 Å². The molecule has 3 N–H and O–H groups in total. The summed E-state index contributed by atoms with van der Waals surface area (Å²) in [4.78, 5) is 20.0. The van der Waals surface area contributed by atoms with Crippen molar-refractivity contribution in [3.8, 4) is 0 Å². The standard InChI is InChI=1S/C13H15ClN4O2S/c14-12-17-10(9-5-6-21-11(9)18-12)15-7-1-3-8(4-2-7)16-13(19)20/h5-8,16H,1-4H2,(H,19,20)(H,15,17,18). The Morgan fingerprint density at radius 3 is 2.71 bits per heavy atom. The van der Waals surface area contributed by atoms with Crippen LogP contribution in [0.15, 0.2) is 11.4 Å². The van der Waals surface area contributed by atoms with Crippen LogP contribution >= 0.6 is 22.9 Å². The zero-order valence-corrected chi connectivity index (χ0v) is 12.7. The normalized spacial score (nSPS) is 22.1. The van der Waals surface area contributed by atoms with Gasteiger partial charge in [0.1, 0.15) is 10.6 Å². The molecule has 112 valence electrons. The molecule has 0 aromatic carbocycles. The Labute approximate surface area is 130 Å². The number of carboxylic acid groups (broad SMARTS) is 1. The van der Waals surface area contributed by atoms with Gasteiger partial charge in [-0.15, -0.1) is 11.3 Å². The summed E-state index contributed by atoms with van der Waals surface area (Å²) in [6, 6.07) is 2.32. The van der Waals surface area contributed by atoms with Gasteiger partial charge in [-0.05, 0) is 48.7 Å². The molecule has 6 nitrogen and oxygen atoms in total. The second-order valence-electron chi connectivity index (χ2n) is 5.12. The molecule has 2 aromatic heterocycles. The smallest absolute Gasteiger partial charge is 0.404 e. The Morgan fingerprint density at radius 1 is 1.29 bits per heavy atom. The Morgan fingerprint density at radius 2 is 2.00 bits per heavy atom. The van der Waals surface area contributed by atoms with E-state index in [1.807, 2.05) is 11.4 Å². The second-order valence-corrected chi connectivity index (χ2v) is 6.36. The number of fused-ring (bicyclic) bond motifs is 1. The molecule has 0 spiro atoms. The van der Waals surface area contributed by atoms with Crippen LogP contribution < -0.4 is 10.6 Å². The van der Waals surface area contributed by atoms with E-state index in [1.54, 1.807) is 0 Å². The van der Waals surface area contributed by atoms with E-state index < -0.39 is 6.09 Å². The molecule has 1 aliphatic rings. The van der Waals surface area contributed by atoms with Crippen LogP contribution in [0.1, 0.15) is 25.7 Å². The first-order valence-corrected chi connectivity index (χ1v) is 8.04. The van der Waals surface area contributed by atoms with Gasteiger partial charge >= 0.3 is 6.09 Å². The Bertz CT molecular complexity index is 655. The maximum atomic E-state index is 10.6. The zero-order chi connectivity index (χ0) is 14.8. The van der Waals surface area contributed by atoms with Crippen molar-refractivity contribution in [1.82, 2.24) is 15.3 Å². The number of thiophene rings is 1. The third-order valence-corrected chi connectivity index (χ3v) is 4.67. The van der Waals surface area contributed by atoms with Crippen LogP contribution in [0.4, 0.5) is 10.6 Å². The van der Waals surface area contributed by atoms with Gasteiger partial charge in [0.25, 0.3) is 0 Å². The maximum absolute atomic E-state index is 10.6. The Kier molecular flexibility index (Phi) is 4.12. The monoisotopic (exact) mass is 326 g/mol. The molecule has 1 saturated carbocycles. The van der Waals surface area contributed by atoms with E-state index >= 15 is 0 Å². The molecule has 1 aliphatic carbocycles. The van der Waals surface area contributed by atoms with E-state index in [0.717, 1.165) is 41.7 Å². The third kappa shape index (κ3) is 3.36. The molecular weight excluding hydrogens is 312 g/mol. The number of amides is 1. The first-order valence-electron chi connectivity index (χ1n) is 6.78. The number of anilines is 1. The fourth-order valence-electron chi connectivity index (χ4n) is 2.69. The molecule has 8 heteroatoms. The van der Waals surface area contributed by atoms with Crippen molar-refractivity contribution in [3.05, 3.63) is 16.7 Å². The first kappa shape index (κ1) is 14.3. The molecule has 0 radical (unpaired) electrons. The average Bonchev–Trinajstić information content (AvgIpc) is 2.88. The lowest BCUT2D eigenvalue weighted by Crippen LogP contribution is -2.39. The maximum Gasteiger partial charge on any atom is 0.404 e. The van der Waals surface area contributed by atoms with E-state index in [0.29, 0.717) is 0 Å². The molecule has 1 fully saturated rings. The number of nitrogens with zero attached hydrogens (tertiary/aromatic N) is 2. The van der Waals surface area contributed by atoms with Crippen molar-refractivity contribution in [3.63, 3.8) is 0 Å². The Hall–Kier alpha value is -1.60. The van der Waals surface area contributed by atoms with E-state index in [2.05, 4.69) is 20.6 Å². The minimum Gasteiger partial charge on any atom is -0.465 e. The quantitative estimate of drug-likeness (QED) is 0.753. The minimum atomic E-state index is -0.950. The summed E-state index contributed by atoms with van der Waals surface area (Å²) in [7, 11) is 0. The molecule has 2 aromatic rings. The SMILES string of the molecule is O=C(O)NC1CCC(Nc2nc(Cl)nc3sccc23)CC1. The summed E-state index contributed by atoms with van der Waals surface area (Å²) in [5.41, 5.74) is 0.